The molecule has 2 aliphatic rings. The fraction of sp³-hybridized carbons (Fsp3) is 1.00. The van der Waals surface area contributed by atoms with E-state index < -0.39 is 0 Å². The largest absolute Gasteiger partial charge is 0.379 e. The zero-order valence-corrected chi connectivity index (χ0v) is 13.9. The smallest absolute Gasteiger partial charge is 0.0594 e. The molecule has 0 bridgehead atoms. The average Bonchev–Trinajstić information content (AvgIpc) is 2.53. The third kappa shape index (κ3) is 9.37. The minimum Gasteiger partial charge on any atom is -0.379 e. The second-order valence-electron chi connectivity index (χ2n) is 4.99. The normalized spacial score (nSPS) is 21.3. The van der Waals surface area contributed by atoms with Gasteiger partial charge >= 0.3 is 0 Å². The van der Waals surface area contributed by atoms with Crippen LogP contribution in [-0.2, 0) is 9.47 Å². The molecule has 0 amide bonds. The van der Waals surface area contributed by atoms with Gasteiger partial charge in [-0.25, -0.2) is 0 Å². The minimum atomic E-state index is 0.775. The third-order valence-electron chi connectivity index (χ3n) is 3.42. The van der Waals surface area contributed by atoms with Crippen molar-refractivity contribution in [2.75, 3.05) is 77.5 Å². The fourth-order valence-corrected chi connectivity index (χ4v) is 2.46. The van der Waals surface area contributed by atoms with Crippen molar-refractivity contribution >= 4 is 23.2 Å². The molecule has 6 heteroatoms. The van der Waals surface area contributed by atoms with Gasteiger partial charge in [-0.15, -0.1) is 23.2 Å². The molecule has 0 N–H and O–H groups in total. The maximum Gasteiger partial charge on any atom is 0.0594 e. The van der Waals surface area contributed by atoms with Gasteiger partial charge in [-0.2, -0.15) is 0 Å². The summed E-state index contributed by atoms with van der Waals surface area (Å²) < 4.78 is 10.4. The van der Waals surface area contributed by atoms with Crippen LogP contribution >= 0.6 is 23.2 Å². The van der Waals surface area contributed by atoms with Gasteiger partial charge in [0, 0.05) is 37.9 Å². The summed E-state index contributed by atoms with van der Waals surface area (Å²) >= 11 is 11.1. The van der Waals surface area contributed by atoms with Crippen molar-refractivity contribution in [3.8, 4) is 0 Å². The first kappa shape index (κ1) is 18.5. The predicted octanol–water partition coefficient (Wildman–Crippen LogP) is 1.90. The van der Waals surface area contributed by atoms with Gasteiger partial charge in [-0.1, -0.05) is 0 Å². The molecule has 0 aromatic heterocycles. The summed E-state index contributed by atoms with van der Waals surface area (Å²) in [5.41, 5.74) is 0. The Kier molecular flexibility index (Phi) is 12.1. The molecule has 2 rings (SSSR count). The summed E-state index contributed by atoms with van der Waals surface area (Å²) in [6.45, 7) is 10.1. The minimum absolute atomic E-state index is 0.775. The quantitative estimate of drug-likeness (QED) is 0.696. The van der Waals surface area contributed by atoms with Crippen LogP contribution in [0.2, 0.25) is 0 Å². The molecule has 0 unspecified atom stereocenters. The molecular formula is C14H28Cl2N2O2. The fourth-order valence-electron chi connectivity index (χ4n) is 2.22. The third-order valence-corrected chi connectivity index (χ3v) is 3.96. The molecule has 2 saturated heterocycles. The molecule has 0 spiro atoms. The molecule has 2 fully saturated rings. The highest BCUT2D eigenvalue weighted by atomic mass is 35.5. The first-order valence-corrected chi connectivity index (χ1v) is 8.66. The van der Waals surface area contributed by atoms with Crippen LogP contribution in [-0.4, -0.2) is 87.3 Å². The van der Waals surface area contributed by atoms with Gasteiger partial charge in [0.1, 0.15) is 0 Å². The van der Waals surface area contributed by atoms with Crippen LogP contribution in [0.15, 0.2) is 0 Å². The van der Waals surface area contributed by atoms with Crippen LogP contribution in [0.3, 0.4) is 0 Å². The van der Waals surface area contributed by atoms with Gasteiger partial charge in [-0.05, 0) is 25.9 Å². The van der Waals surface area contributed by atoms with Gasteiger partial charge in [0.05, 0.1) is 26.4 Å². The van der Waals surface area contributed by atoms with Crippen LogP contribution in [0, 0.1) is 0 Å². The van der Waals surface area contributed by atoms with Crippen molar-refractivity contribution in [3.63, 3.8) is 0 Å². The summed E-state index contributed by atoms with van der Waals surface area (Å²) in [4.78, 5) is 4.79. The molecule has 0 radical (unpaired) electrons. The Bertz CT molecular complexity index is 189. The zero-order chi connectivity index (χ0) is 14.5. The van der Waals surface area contributed by atoms with Crippen LogP contribution < -0.4 is 0 Å². The standard InChI is InChI=1S/2C7H14ClNO/c2*8-2-1-3-9-4-6-10-7-5-9/h2*1-7H2. The molecule has 0 aromatic carbocycles. The van der Waals surface area contributed by atoms with E-state index >= 15 is 0 Å². The highest BCUT2D eigenvalue weighted by molar-refractivity contribution is 6.18. The van der Waals surface area contributed by atoms with Gasteiger partial charge in [-0.3, -0.25) is 9.80 Å². The number of nitrogens with zero attached hydrogens (tertiary/aromatic N) is 2. The van der Waals surface area contributed by atoms with Crippen molar-refractivity contribution < 1.29 is 9.47 Å². The van der Waals surface area contributed by atoms with Gasteiger partial charge in [0.25, 0.3) is 0 Å². The predicted molar refractivity (Wildman–Crippen MR) is 85.2 cm³/mol. The molecule has 0 saturated carbocycles. The Morgan fingerprint density at radius 1 is 0.650 bits per heavy atom. The Labute approximate surface area is 133 Å². The van der Waals surface area contributed by atoms with Crippen LogP contribution in [0.1, 0.15) is 12.8 Å². The first-order valence-electron chi connectivity index (χ1n) is 7.59. The summed E-state index contributed by atoms with van der Waals surface area (Å²) in [6.07, 6.45) is 2.20. The number of ether oxygens (including phenoxy) is 2. The lowest BCUT2D eigenvalue weighted by Crippen LogP contribution is -2.36. The number of rotatable bonds is 6. The lowest BCUT2D eigenvalue weighted by molar-refractivity contribution is 0.0380. The van der Waals surface area contributed by atoms with Crippen LogP contribution in [0.4, 0.5) is 0 Å². The number of morpholine rings is 2. The van der Waals surface area contributed by atoms with E-state index in [1.807, 2.05) is 0 Å². The second kappa shape index (κ2) is 13.1. The van der Waals surface area contributed by atoms with Crippen molar-refractivity contribution in [3.05, 3.63) is 0 Å². The van der Waals surface area contributed by atoms with Crippen LogP contribution in [0.25, 0.3) is 0 Å². The van der Waals surface area contributed by atoms with E-state index in [2.05, 4.69) is 9.80 Å². The number of hydrogen-bond donors (Lipinski definition) is 0. The van der Waals surface area contributed by atoms with Crippen molar-refractivity contribution in [1.29, 1.82) is 0 Å². The Morgan fingerprint density at radius 3 is 1.30 bits per heavy atom. The van der Waals surface area contributed by atoms with Crippen molar-refractivity contribution in [2.45, 2.75) is 12.8 Å². The summed E-state index contributed by atoms with van der Waals surface area (Å²) in [5.74, 6) is 1.55. The first-order chi connectivity index (χ1) is 9.86. The summed E-state index contributed by atoms with van der Waals surface area (Å²) in [7, 11) is 0. The average molecular weight is 327 g/mol. The highest BCUT2D eigenvalue weighted by Crippen LogP contribution is 1.99. The SMILES string of the molecule is ClCCCN1CCOCC1.ClCCCN1CCOCC1. The number of halogens is 2. The molecule has 20 heavy (non-hydrogen) atoms. The van der Waals surface area contributed by atoms with E-state index in [0.29, 0.717) is 0 Å². The van der Waals surface area contributed by atoms with E-state index in [1.54, 1.807) is 0 Å². The van der Waals surface area contributed by atoms with E-state index in [0.717, 1.165) is 90.3 Å². The molecule has 2 aliphatic heterocycles. The Hall–Kier alpha value is 0.420. The zero-order valence-electron chi connectivity index (χ0n) is 12.4. The second-order valence-corrected chi connectivity index (χ2v) is 5.75. The maximum absolute atomic E-state index is 5.56. The topological polar surface area (TPSA) is 24.9 Å². The van der Waals surface area contributed by atoms with E-state index in [4.69, 9.17) is 32.7 Å². The molecule has 0 aliphatic carbocycles. The number of alkyl halides is 2. The number of hydrogen-bond acceptors (Lipinski definition) is 4. The molecule has 2 heterocycles. The summed E-state index contributed by atoms with van der Waals surface area (Å²) in [6, 6.07) is 0. The molecule has 0 aromatic rings. The van der Waals surface area contributed by atoms with E-state index in [9.17, 15) is 0 Å². The van der Waals surface area contributed by atoms with Gasteiger partial charge < -0.3 is 9.47 Å². The monoisotopic (exact) mass is 326 g/mol. The summed E-state index contributed by atoms with van der Waals surface area (Å²) in [5, 5.41) is 0. The van der Waals surface area contributed by atoms with E-state index in [-0.39, 0.29) is 0 Å². The molecule has 120 valence electrons. The maximum atomic E-state index is 5.56. The molecule has 4 nitrogen and oxygen atoms in total. The van der Waals surface area contributed by atoms with Crippen molar-refractivity contribution in [2.24, 2.45) is 0 Å². The van der Waals surface area contributed by atoms with Gasteiger partial charge in [0.15, 0.2) is 0 Å². The Morgan fingerprint density at radius 2 is 1.00 bits per heavy atom. The molecule has 0 atom stereocenters. The van der Waals surface area contributed by atoms with Crippen LogP contribution in [0.5, 0.6) is 0 Å². The van der Waals surface area contributed by atoms with Crippen molar-refractivity contribution in [1.82, 2.24) is 9.80 Å². The lowest BCUT2D eigenvalue weighted by atomic mass is 10.4. The molecular weight excluding hydrogens is 299 g/mol. The van der Waals surface area contributed by atoms with E-state index in [1.165, 1.54) is 0 Å². The highest BCUT2D eigenvalue weighted by Gasteiger charge is 2.08. The lowest BCUT2D eigenvalue weighted by Gasteiger charge is -2.25. The Balaban J connectivity index is 0.000000200. The van der Waals surface area contributed by atoms with Gasteiger partial charge in [0.2, 0.25) is 0 Å².